The Morgan fingerprint density at radius 1 is 1.29 bits per heavy atom. The Morgan fingerprint density at radius 2 is 2.00 bits per heavy atom. The van der Waals surface area contributed by atoms with Gasteiger partial charge in [-0.2, -0.15) is 0 Å². The lowest BCUT2D eigenvalue weighted by Gasteiger charge is -2.35. The van der Waals surface area contributed by atoms with Crippen LogP contribution in [0.15, 0.2) is 40.5 Å². The summed E-state index contributed by atoms with van der Waals surface area (Å²) in [5, 5.41) is 0. The third-order valence-corrected chi connectivity index (χ3v) is 4.61. The molecule has 3 nitrogen and oxygen atoms in total. The SMILES string of the molecule is CC(C)(C)[C@H]1CCCC=C1NNC(=O)c1ccccc1Br. The highest BCUT2D eigenvalue weighted by Gasteiger charge is 2.29. The summed E-state index contributed by atoms with van der Waals surface area (Å²) in [4.78, 5) is 12.2. The van der Waals surface area contributed by atoms with E-state index < -0.39 is 0 Å². The molecule has 0 fully saturated rings. The third-order valence-electron chi connectivity index (χ3n) is 3.92. The largest absolute Gasteiger partial charge is 0.302 e. The van der Waals surface area contributed by atoms with E-state index in [0.29, 0.717) is 11.5 Å². The van der Waals surface area contributed by atoms with Gasteiger partial charge in [0.05, 0.1) is 5.56 Å². The standard InChI is InChI=1S/C17H23BrN2O/c1-17(2,3)13-9-5-7-11-15(13)19-20-16(21)12-8-4-6-10-14(12)18/h4,6,8,10-11,13,19H,5,7,9H2,1-3H3,(H,20,21)/t13-/m0/s1. The normalized spacial score (nSPS) is 18.9. The second kappa shape index (κ2) is 6.65. The molecule has 0 saturated heterocycles. The van der Waals surface area contributed by atoms with E-state index in [-0.39, 0.29) is 11.3 Å². The highest BCUT2D eigenvalue weighted by Crippen LogP contribution is 2.37. The minimum absolute atomic E-state index is 0.124. The van der Waals surface area contributed by atoms with Crippen LogP contribution in [0.3, 0.4) is 0 Å². The molecule has 4 heteroatoms. The fourth-order valence-electron chi connectivity index (χ4n) is 2.76. The summed E-state index contributed by atoms with van der Waals surface area (Å²) in [6.45, 7) is 6.73. The molecule has 1 aromatic carbocycles. The van der Waals surface area contributed by atoms with Gasteiger partial charge in [0.25, 0.3) is 5.91 Å². The van der Waals surface area contributed by atoms with Crippen molar-refractivity contribution in [1.82, 2.24) is 10.9 Å². The number of halogens is 1. The number of hydrazine groups is 1. The first-order valence-corrected chi connectivity index (χ1v) is 8.20. The molecular weight excluding hydrogens is 328 g/mol. The van der Waals surface area contributed by atoms with Gasteiger partial charge in [-0.3, -0.25) is 10.2 Å². The van der Waals surface area contributed by atoms with Crippen molar-refractivity contribution in [2.75, 3.05) is 0 Å². The van der Waals surface area contributed by atoms with Crippen molar-refractivity contribution in [3.63, 3.8) is 0 Å². The zero-order valence-electron chi connectivity index (χ0n) is 12.9. The zero-order valence-corrected chi connectivity index (χ0v) is 14.5. The lowest BCUT2D eigenvalue weighted by atomic mass is 9.74. The fourth-order valence-corrected chi connectivity index (χ4v) is 3.22. The maximum absolute atomic E-state index is 12.2. The Morgan fingerprint density at radius 3 is 2.67 bits per heavy atom. The number of benzene rings is 1. The molecule has 0 saturated carbocycles. The van der Waals surface area contributed by atoms with E-state index in [9.17, 15) is 4.79 Å². The molecule has 1 atom stereocenters. The Hall–Kier alpha value is -1.29. The maximum atomic E-state index is 12.2. The van der Waals surface area contributed by atoms with E-state index in [1.165, 1.54) is 6.42 Å². The average molecular weight is 351 g/mol. The predicted octanol–water partition coefficient (Wildman–Crippen LogP) is 4.41. The van der Waals surface area contributed by atoms with Crippen molar-refractivity contribution in [3.8, 4) is 0 Å². The molecule has 1 amide bonds. The van der Waals surface area contributed by atoms with E-state index in [4.69, 9.17) is 0 Å². The van der Waals surface area contributed by atoms with Crippen LogP contribution < -0.4 is 10.9 Å². The maximum Gasteiger partial charge on any atom is 0.270 e. The van der Waals surface area contributed by atoms with Gasteiger partial charge in [0, 0.05) is 16.1 Å². The molecule has 21 heavy (non-hydrogen) atoms. The summed E-state index contributed by atoms with van der Waals surface area (Å²) in [7, 11) is 0. The van der Waals surface area contributed by atoms with Gasteiger partial charge < -0.3 is 5.43 Å². The molecule has 0 unspecified atom stereocenters. The minimum atomic E-state index is -0.124. The van der Waals surface area contributed by atoms with Gasteiger partial charge in [-0.1, -0.05) is 39.0 Å². The third kappa shape index (κ3) is 4.10. The zero-order chi connectivity index (χ0) is 15.5. The fraction of sp³-hybridized carbons (Fsp3) is 0.471. The molecule has 2 rings (SSSR count). The van der Waals surface area contributed by atoms with Gasteiger partial charge in [-0.25, -0.2) is 0 Å². The molecule has 0 aliphatic heterocycles. The number of amides is 1. The van der Waals surface area contributed by atoms with Gasteiger partial charge >= 0.3 is 0 Å². The van der Waals surface area contributed by atoms with Crippen LogP contribution in [0.25, 0.3) is 0 Å². The van der Waals surface area contributed by atoms with Crippen LogP contribution in [0.4, 0.5) is 0 Å². The highest BCUT2D eigenvalue weighted by atomic mass is 79.9. The topological polar surface area (TPSA) is 41.1 Å². The molecule has 1 aliphatic rings. The first-order valence-electron chi connectivity index (χ1n) is 7.40. The molecule has 0 spiro atoms. The molecule has 0 bridgehead atoms. The number of carbonyl (C=O) groups excluding carboxylic acids is 1. The van der Waals surface area contributed by atoms with Gasteiger partial charge in [-0.05, 0) is 52.7 Å². The lowest BCUT2D eigenvalue weighted by molar-refractivity contribution is 0.0931. The van der Waals surface area contributed by atoms with Crippen LogP contribution in [0.2, 0.25) is 0 Å². The van der Waals surface area contributed by atoms with Crippen LogP contribution in [-0.4, -0.2) is 5.91 Å². The number of allylic oxidation sites excluding steroid dienone is 2. The van der Waals surface area contributed by atoms with Crippen molar-refractivity contribution < 1.29 is 4.79 Å². The van der Waals surface area contributed by atoms with E-state index in [0.717, 1.165) is 23.0 Å². The summed E-state index contributed by atoms with van der Waals surface area (Å²) in [6, 6.07) is 7.43. The number of hydrogen-bond donors (Lipinski definition) is 2. The summed E-state index contributed by atoms with van der Waals surface area (Å²) in [5.41, 5.74) is 7.93. The Bertz CT molecular complexity index is 546. The number of carbonyl (C=O) groups is 1. The second-order valence-corrected chi connectivity index (χ2v) is 7.42. The Balaban J connectivity index is 2.03. The first-order chi connectivity index (χ1) is 9.89. The Labute approximate surface area is 135 Å². The lowest BCUT2D eigenvalue weighted by Crippen LogP contribution is -2.42. The van der Waals surface area contributed by atoms with Crippen LogP contribution >= 0.6 is 15.9 Å². The van der Waals surface area contributed by atoms with E-state index in [2.05, 4.69) is 53.6 Å². The summed E-state index contributed by atoms with van der Waals surface area (Å²) in [5.74, 6) is 0.326. The molecule has 1 aliphatic carbocycles. The molecular formula is C17H23BrN2O. The van der Waals surface area contributed by atoms with E-state index in [1.54, 1.807) is 6.07 Å². The average Bonchev–Trinajstić information content (AvgIpc) is 2.44. The molecule has 114 valence electrons. The summed E-state index contributed by atoms with van der Waals surface area (Å²) >= 11 is 3.40. The summed E-state index contributed by atoms with van der Waals surface area (Å²) < 4.78 is 0.800. The predicted molar refractivity (Wildman–Crippen MR) is 89.6 cm³/mol. The van der Waals surface area contributed by atoms with Crippen LogP contribution in [0, 0.1) is 11.3 Å². The summed E-state index contributed by atoms with van der Waals surface area (Å²) in [6.07, 6.45) is 5.65. The van der Waals surface area contributed by atoms with Gasteiger partial charge in [-0.15, -0.1) is 0 Å². The monoisotopic (exact) mass is 350 g/mol. The van der Waals surface area contributed by atoms with Crippen molar-refractivity contribution in [1.29, 1.82) is 0 Å². The van der Waals surface area contributed by atoms with Gasteiger partial charge in [0.15, 0.2) is 0 Å². The highest BCUT2D eigenvalue weighted by molar-refractivity contribution is 9.10. The molecule has 2 N–H and O–H groups in total. The van der Waals surface area contributed by atoms with Gasteiger partial charge in [0.1, 0.15) is 0 Å². The molecule has 0 heterocycles. The van der Waals surface area contributed by atoms with Crippen molar-refractivity contribution in [3.05, 3.63) is 46.1 Å². The van der Waals surface area contributed by atoms with Crippen LogP contribution in [0.5, 0.6) is 0 Å². The molecule has 1 aromatic rings. The smallest absolute Gasteiger partial charge is 0.270 e. The second-order valence-electron chi connectivity index (χ2n) is 6.57. The number of rotatable bonds is 3. The Kier molecular flexibility index (Phi) is 5.09. The van der Waals surface area contributed by atoms with Crippen LogP contribution in [-0.2, 0) is 0 Å². The van der Waals surface area contributed by atoms with Crippen molar-refractivity contribution in [2.24, 2.45) is 11.3 Å². The van der Waals surface area contributed by atoms with E-state index >= 15 is 0 Å². The quantitative estimate of drug-likeness (QED) is 0.792. The van der Waals surface area contributed by atoms with Gasteiger partial charge in [0.2, 0.25) is 0 Å². The van der Waals surface area contributed by atoms with Crippen LogP contribution in [0.1, 0.15) is 50.4 Å². The molecule has 0 radical (unpaired) electrons. The van der Waals surface area contributed by atoms with Crippen molar-refractivity contribution >= 4 is 21.8 Å². The number of hydrogen-bond acceptors (Lipinski definition) is 2. The minimum Gasteiger partial charge on any atom is -0.302 e. The number of nitrogens with one attached hydrogen (secondary N) is 2. The van der Waals surface area contributed by atoms with Crippen molar-refractivity contribution in [2.45, 2.75) is 40.0 Å². The first kappa shape index (κ1) is 16.1. The van der Waals surface area contributed by atoms with E-state index in [1.807, 2.05) is 18.2 Å². The molecule has 0 aromatic heterocycles.